The zero-order valence-electron chi connectivity index (χ0n) is 8.48. The molecule has 84 valence electrons. The predicted octanol–water partition coefficient (Wildman–Crippen LogP) is 2.10. The molecule has 0 saturated carbocycles. The van der Waals surface area contributed by atoms with Crippen molar-refractivity contribution >= 4 is 22.9 Å². The van der Waals surface area contributed by atoms with Gasteiger partial charge in [0, 0.05) is 18.8 Å². The molecule has 7 heteroatoms. The number of halogens is 1. The van der Waals surface area contributed by atoms with E-state index in [1.165, 1.54) is 11.3 Å². The maximum atomic E-state index is 5.78. The van der Waals surface area contributed by atoms with Crippen LogP contribution in [0.25, 0.3) is 0 Å². The lowest BCUT2D eigenvalue weighted by Crippen LogP contribution is -2.04. The SMILES string of the molecule is CNCc1nnc(Oc2cncc(Cl)c2)s1. The van der Waals surface area contributed by atoms with E-state index in [2.05, 4.69) is 20.5 Å². The Morgan fingerprint density at radius 2 is 2.31 bits per heavy atom. The van der Waals surface area contributed by atoms with Gasteiger partial charge in [0.15, 0.2) is 0 Å². The van der Waals surface area contributed by atoms with Crippen LogP contribution in [0, 0.1) is 0 Å². The Balaban J connectivity index is 2.08. The van der Waals surface area contributed by atoms with Crippen molar-refractivity contribution in [1.29, 1.82) is 0 Å². The average molecular weight is 257 g/mol. The van der Waals surface area contributed by atoms with Crippen LogP contribution in [0.3, 0.4) is 0 Å². The van der Waals surface area contributed by atoms with Crippen LogP contribution in [0.4, 0.5) is 0 Å². The third-order valence-corrected chi connectivity index (χ3v) is 2.67. The predicted molar refractivity (Wildman–Crippen MR) is 62.0 cm³/mol. The van der Waals surface area contributed by atoms with E-state index in [1.807, 2.05) is 7.05 Å². The number of rotatable bonds is 4. The molecule has 0 aliphatic carbocycles. The molecule has 0 amide bonds. The highest BCUT2D eigenvalue weighted by Crippen LogP contribution is 2.25. The van der Waals surface area contributed by atoms with Crippen molar-refractivity contribution < 1.29 is 4.74 Å². The highest BCUT2D eigenvalue weighted by Gasteiger charge is 2.05. The van der Waals surface area contributed by atoms with E-state index < -0.39 is 0 Å². The average Bonchev–Trinajstić information content (AvgIpc) is 2.66. The fourth-order valence-electron chi connectivity index (χ4n) is 1.05. The van der Waals surface area contributed by atoms with E-state index in [4.69, 9.17) is 16.3 Å². The van der Waals surface area contributed by atoms with Crippen LogP contribution in [-0.2, 0) is 6.54 Å². The van der Waals surface area contributed by atoms with Crippen molar-refractivity contribution in [3.05, 3.63) is 28.5 Å². The highest BCUT2D eigenvalue weighted by molar-refractivity contribution is 7.13. The van der Waals surface area contributed by atoms with Crippen LogP contribution in [0.2, 0.25) is 5.02 Å². The number of nitrogens with zero attached hydrogens (tertiary/aromatic N) is 3. The lowest BCUT2D eigenvalue weighted by atomic mass is 10.5. The number of hydrogen-bond acceptors (Lipinski definition) is 6. The second-order valence-electron chi connectivity index (χ2n) is 2.93. The molecule has 1 N–H and O–H groups in total. The Bertz CT molecular complexity index is 476. The summed E-state index contributed by atoms with van der Waals surface area (Å²) in [4.78, 5) is 3.91. The molecule has 0 saturated heterocycles. The van der Waals surface area contributed by atoms with Crippen LogP contribution in [0.1, 0.15) is 5.01 Å². The lowest BCUT2D eigenvalue weighted by molar-refractivity contribution is 0.471. The smallest absolute Gasteiger partial charge is 0.299 e. The molecule has 0 bridgehead atoms. The van der Waals surface area contributed by atoms with Gasteiger partial charge in [0.25, 0.3) is 5.19 Å². The summed E-state index contributed by atoms with van der Waals surface area (Å²) in [6.45, 7) is 0.675. The first-order chi connectivity index (χ1) is 7.78. The van der Waals surface area contributed by atoms with Gasteiger partial charge in [-0.2, -0.15) is 0 Å². The molecule has 0 unspecified atom stereocenters. The number of aromatic nitrogens is 3. The summed E-state index contributed by atoms with van der Waals surface area (Å²) >= 11 is 7.16. The van der Waals surface area contributed by atoms with Gasteiger partial charge in [0.2, 0.25) is 0 Å². The summed E-state index contributed by atoms with van der Waals surface area (Å²) < 4.78 is 5.46. The van der Waals surface area contributed by atoms with E-state index >= 15 is 0 Å². The van der Waals surface area contributed by atoms with E-state index in [0.717, 1.165) is 5.01 Å². The molecule has 0 fully saturated rings. The van der Waals surface area contributed by atoms with Gasteiger partial charge in [-0.15, -0.1) is 5.10 Å². The Morgan fingerprint density at radius 3 is 3.06 bits per heavy atom. The van der Waals surface area contributed by atoms with Gasteiger partial charge in [0.1, 0.15) is 10.8 Å². The summed E-state index contributed by atoms with van der Waals surface area (Å²) in [5.74, 6) is 0.555. The van der Waals surface area contributed by atoms with E-state index in [0.29, 0.717) is 22.5 Å². The van der Waals surface area contributed by atoms with Crippen LogP contribution >= 0.6 is 22.9 Å². The zero-order valence-corrected chi connectivity index (χ0v) is 10.0. The van der Waals surface area contributed by atoms with E-state index in [-0.39, 0.29) is 0 Å². The summed E-state index contributed by atoms with van der Waals surface area (Å²) in [5.41, 5.74) is 0. The third-order valence-electron chi connectivity index (χ3n) is 1.66. The Morgan fingerprint density at radius 1 is 1.44 bits per heavy atom. The Labute approximate surface area is 101 Å². The van der Waals surface area contributed by atoms with Crippen molar-refractivity contribution in [3.8, 4) is 10.9 Å². The number of pyridine rings is 1. The molecule has 5 nitrogen and oxygen atoms in total. The fraction of sp³-hybridized carbons (Fsp3) is 0.222. The third kappa shape index (κ3) is 2.88. The molecule has 2 rings (SSSR count). The fourth-order valence-corrected chi connectivity index (χ4v) is 1.93. The number of ether oxygens (including phenoxy) is 1. The second kappa shape index (κ2) is 5.20. The van der Waals surface area contributed by atoms with Crippen LogP contribution < -0.4 is 10.1 Å². The highest BCUT2D eigenvalue weighted by atomic mass is 35.5. The maximum absolute atomic E-state index is 5.78. The van der Waals surface area contributed by atoms with Crippen LogP contribution in [-0.4, -0.2) is 22.2 Å². The monoisotopic (exact) mass is 256 g/mol. The molecule has 2 heterocycles. The van der Waals surface area contributed by atoms with E-state index in [9.17, 15) is 0 Å². The minimum atomic E-state index is 0.481. The molecule has 2 aromatic rings. The summed E-state index contributed by atoms with van der Waals surface area (Å²) in [6.07, 6.45) is 3.12. The lowest BCUT2D eigenvalue weighted by Gasteiger charge is -1.99. The van der Waals surface area contributed by atoms with Crippen molar-refractivity contribution in [1.82, 2.24) is 20.5 Å². The van der Waals surface area contributed by atoms with Crippen molar-refractivity contribution in [2.75, 3.05) is 7.05 Å². The standard InChI is InChI=1S/C9H9ClN4OS/c1-11-5-8-13-14-9(16-8)15-7-2-6(10)3-12-4-7/h2-4,11H,5H2,1H3. The minimum absolute atomic E-state index is 0.481. The summed E-state index contributed by atoms with van der Waals surface area (Å²) in [7, 11) is 1.85. The molecule has 0 aliphatic rings. The van der Waals surface area contributed by atoms with Gasteiger partial charge in [0.05, 0.1) is 11.2 Å². The van der Waals surface area contributed by atoms with Gasteiger partial charge in [-0.05, 0) is 7.05 Å². The molecule has 0 spiro atoms. The topological polar surface area (TPSA) is 59.9 Å². The first kappa shape index (κ1) is 11.3. The molecule has 0 radical (unpaired) electrons. The van der Waals surface area contributed by atoms with E-state index in [1.54, 1.807) is 18.5 Å². The van der Waals surface area contributed by atoms with Gasteiger partial charge < -0.3 is 10.1 Å². The molecule has 0 aliphatic heterocycles. The molecule has 0 atom stereocenters. The Hall–Kier alpha value is -1.24. The van der Waals surface area contributed by atoms with Crippen LogP contribution in [0.15, 0.2) is 18.5 Å². The Kier molecular flexibility index (Phi) is 3.66. The quantitative estimate of drug-likeness (QED) is 0.908. The molecule has 0 aromatic carbocycles. The van der Waals surface area contributed by atoms with Gasteiger partial charge in [-0.25, -0.2) is 0 Å². The summed E-state index contributed by atoms with van der Waals surface area (Å²) in [5, 5.41) is 12.7. The van der Waals surface area contributed by atoms with Gasteiger partial charge >= 0.3 is 0 Å². The van der Waals surface area contributed by atoms with Crippen LogP contribution in [0.5, 0.6) is 10.9 Å². The number of hydrogen-bond donors (Lipinski definition) is 1. The first-order valence-electron chi connectivity index (χ1n) is 4.53. The summed E-state index contributed by atoms with van der Waals surface area (Å²) in [6, 6.07) is 1.67. The normalized spacial score (nSPS) is 10.4. The minimum Gasteiger partial charge on any atom is -0.428 e. The number of nitrogens with one attached hydrogen (secondary N) is 1. The zero-order chi connectivity index (χ0) is 11.4. The largest absolute Gasteiger partial charge is 0.428 e. The van der Waals surface area contributed by atoms with Crippen molar-refractivity contribution in [2.24, 2.45) is 0 Å². The van der Waals surface area contributed by atoms with Crippen molar-refractivity contribution in [2.45, 2.75) is 6.54 Å². The molecular formula is C9H9ClN4OS. The molecule has 2 aromatic heterocycles. The first-order valence-corrected chi connectivity index (χ1v) is 5.73. The molecule has 16 heavy (non-hydrogen) atoms. The van der Waals surface area contributed by atoms with Gasteiger partial charge in [-0.1, -0.05) is 28.0 Å². The van der Waals surface area contributed by atoms with Gasteiger partial charge in [-0.3, -0.25) is 4.98 Å². The maximum Gasteiger partial charge on any atom is 0.299 e. The second-order valence-corrected chi connectivity index (χ2v) is 4.39. The molecular weight excluding hydrogens is 248 g/mol. The van der Waals surface area contributed by atoms with Crippen molar-refractivity contribution in [3.63, 3.8) is 0 Å².